The third-order valence-electron chi connectivity index (χ3n) is 2.68. The topological polar surface area (TPSA) is 4.93 Å². The molecular weight excluding hydrogens is 242 g/mol. The largest absolute Gasteiger partial charge is 0.318 e. The number of aryl methyl sites for hydroxylation is 3. The van der Waals surface area contributed by atoms with Gasteiger partial charge in [-0.1, -0.05) is 37.9 Å². The highest BCUT2D eigenvalue weighted by Gasteiger charge is 2.06. The second-order valence-electron chi connectivity index (χ2n) is 4.59. The smallest absolute Gasteiger partial charge is 0.0498 e. The Hall–Kier alpha value is -1.21. The number of nitrogens with zero attached hydrogens (tertiary/aromatic N) is 1. The maximum absolute atomic E-state index is 6.03. The highest BCUT2D eigenvalue weighted by molar-refractivity contribution is 6.30. The lowest BCUT2D eigenvalue weighted by atomic mass is 10.2. The molecule has 0 N–H and O–H groups in total. The molecule has 0 atom stereocenters. The summed E-state index contributed by atoms with van der Waals surface area (Å²) >= 11 is 6.03. The molecule has 2 aromatic rings. The lowest BCUT2D eigenvalue weighted by Crippen LogP contribution is -2.00. The Bertz CT molecular complexity index is 492. The molecule has 1 nitrogen and oxygen atoms in total. The van der Waals surface area contributed by atoms with Gasteiger partial charge in [-0.25, -0.2) is 0 Å². The minimum atomic E-state index is 0.781. The quantitative estimate of drug-likeness (QED) is 0.643. The van der Waals surface area contributed by atoms with E-state index >= 15 is 0 Å². The van der Waals surface area contributed by atoms with Crippen LogP contribution in [0.4, 0.5) is 0 Å². The molecule has 0 aliphatic carbocycles. The van der Waals surface area contributed by atoms with Crippen molar-refractivity contribution in [2.45, 2.75) is 41.0 Å². The molecule has 0 aliphatic heterocycles. The van der Waals surface area contributed by atoms with Crippen molar-refractivity contribution in [3.05, 3.63) is 52.3 Å². The van der Waals surface area contributed by atoms with Gasteiger partial charge < -0.3 is 4.57 Å². The zero-order valence-electron chi connectivity index (χ0n) is 11.9. The molecule has 0 aliphatic rings. The maximum atomic E-state index is 6.03. The van der Waals surface area contributed by atoms with Gasteiger partial charge in [0.15, 0.2) is 0 Å². The van der Waals surface area contributed by atoms with Gasteiger partial charge in [-0.3, -0.25) is 0 Å². The van der Waals surface area contributed by atoms with Crippen LogP contribution in [0.1, 0.15) is 37.2 Å². The van der Waals surface area contributed by atoms with Gasteiger partial charge in [0.05, 0.1) is 0 Å². The van der Waals surface area contributed by atoms with Crippen LogP contribution in [0.25, 0.3) is 5.69 Å². The molecule has 0 saturated heterocycles. The Labute approximate surface area is 115 Å². The summed E-state index contributed by atoms with van der Waals surface area (Å²) in [5.41, 5.74) is 4.88. The summed E-state index contributed by atoms with van der Waals surface area (Å²) in [5.74, 6) is 0. The summed E-state index contributed by atoms with van der Waals surface area (Å²) in [7, 11) is 0. The molecular formula is C16H22ClN. The Morgan fingerprint density at radius 2 is 1.44 bits per heavy atom. The Kier molecular flexibility index (Phi) is 5.49. The Morgan fingerprint density at radius 1 is 0.944 bits per heavy atom. The van der Waals surface area contributed by atoms with E-state index in [0.717, 1.165) is 5.02 Å². The van der Waals surface area contributed by atoms with E-state index in [4.69, 9.17) is 11.6 Å². The Balaban J connectivity index is 0.000000492. The highest BCUT2D eigenvalue weighted by atomic mass is 35.5. The number of rotatable bonds is 1. The van der Waals surface area contributed by atoms with Crippen molar-refractivity contribution in [1.82, 2.24) is 4.57 Å². The first kappa shape index (κ1) is 14.8. The van der Waals surface area contributed by atoms with E-state index in [1.54, 1.807) is 0 Å². The van der Waals surface area contributed by atoms with Crippen molar-refractivity contribution >= 4 is 11.6 Å². The number of benzene rings is 1. The molecule has 1 aromatic carbocycles. The second kappa shape index (κ2) is 6.65. The Morgan fingerprint density at radius 3 is 1.94 bits per heavy atom. The third-order valence-corrected chi connectivity index (χ3v) is 2.92. The van der Waals surface area contributed by atoms with Crippen LogP contribution in [0.15, 0.2) is 30.3 Å². The lowest BCUT2D eigenvalue weighted by Gasteiger charge is -2.12. The zero-order valence-corrected chi connectivity index (χ0v) is 12.7. The van der Waals surface area contributed by atoms with Gasteiger partial charge in [-0.05, 0) is 50.6 Å². The van der Waals surface area contributed by atoms with Crippen molar-refractivity contribution in [3.8, 4) is 5.69 Å². The molecule has 18 heavy (non-hydrogen) atoms. The summed E-state index contributed by atoms with van der Waals surface area (Å²) < 4.78 is 2.22. The average molecular weight is 264 g/mol. The molecule has 98 valence electrons. The molecule has 2 rings (SSSR count). The average Bonchev–Trinajstić information content (AvgIpc) is 2.64. The van der Waals surface area contributed by atoms with Crippen molar-refractivity contribution in [2.75, 3.05) is 0 Å². The third kappa shape index (κ3) is 3.39. The van der Waals surface area contributed by atoms with Crippen LogP contribution in [0, 0.1) is 20.8 Å². The fourth-order valence-electron chi connectivity index (χ4n) is 1.87. The lowest BCUT2D eigenvalue weighted by molar-refractivity contribution is 0.955. The maximum Gasteiger partial charge on any atom is 0.0498 e. The van der Waals surface area contributed by atoms with E-state index in [0.29, 0.717) is 0 Å². The summed E-state index contributed by atoms with van der Waals surface area (Å²) in [4.78, 5) is 0. The molecule has 0 amide bonds. The van der Waals surface area contributed by atoms with Crippen molar-refractivity contribution in [3.63, 3.8) is 0 Å². The van der Waals surface area contributed by atoms with Crippen LogP contribution < -0.4 is 0 Å². The van der Waals surface area contributed by atoms with Crippen LogP contribution >= 0.6 is 11.6 Å². The summed E-state index contributed by atoms with van der Waals surface area (Å²) in [6.45, 7) is 10.6. The molecule has 1 heterocycles. The predicted molar refractivity (Wildman–Crippen MR) is 81.0 cm³/mol. The monoisotopic (exact) mass is 263 g/mol. The van der Waals surface area contributed by atoms with Crippen molar-refractivity contribution < 1.29 is 0 Å². The van der Waals surface area contributed by atoms with Gasteiger partial charge in [-0.15, -0.1) is 0 Å². The minimum Gasteiger partial charge on any atom is -0.318 e. The molecule has 0 radical (unpaired) electrons. The fourth-order valence-corrected chi connectivity index (χ4v) is 2.04. The molecule has 1 aromatic heterocycles. The van der Waals surface area contributed by atoms with E-state index in [-0.39, 0.29) is 0 Å². The van der Waals surface area contributed by atoms with E-state index < -0.39 is 0 Å². The van der Waals surface area contributed by atoms with Gasteiger partial charge in [0.25, 0.3) is 0 Å². The minimum absolute atomic E-state index is 0.781. The molecule has 2 heteroatoms. The van der Waals surface area contributed by atoms with Gasteiger partial charge in [0, 0.05) is 22.1 Å². The number of halogens is 1. The van der Waals surface area contributed by atoms with E-state index in [1.165, 1.54) is 29.1 Å². The zero-order chi connectivity index (χ0) is 13.7. The first-order chi connectivity index (χ1) is 8.51. The van der Waals surface area contributed by atoms with Gasteiger partial charge >= 0.3 is 0 Å². The summed E-state index contributed by atoms with van der Waals surface area (Å²) in [5, 5.41) is 0.781. The van der Waals surface area contributed by atoms with Crippen molar-refractivity contribution in [1.29, 1.82) is 0 Å². The first-order valence-electron chi connectivity index (χ1n) is 6.42. The van der Waals surface area contributed by atoms with Crippen LogP contribution in [-0.4, -0.2) is 4.57 Å². The number of hydrogen-bond donors (Lipinski definition) is 0. The van der Waals surface area contributed by atoms with Crippen LogP contribution in [0.2, 0.25) is 5.02 Å². The molecule has 0 unspecified atom stereocenters. The SMILES string of the molecule is CCC.Cc1ccc(Cl)cc1-n1c(C)ccc1C. The van der Waals surface area contributed by atoms with E-state index in [1.807, 2.05) is 12.1 Å². The summed E-state index contributed by atoms with van der Waals surface area (Å²) in [6, 6.07) is 10.2. The van der Waals surface area contributed by atoms with Gasteiger partial charge in [-0.2, -0.15) is 0 Å². The molecule has 0 fully saturated rings. The molecule has 0 bridgehead atoms. The predicted octanol–water partition coefficient (Wildman–Crippen LogP) is 5.47. The van der Waals surface area contributed by atoms with Crippen LogP contribution in [0.3, 0.4) is 0 Å². The van der Waals surface area contributed by atoms with Gasteiger partial charge in [0.1, 0.15) is 0 Å². The van der Waals surface area contributed by atoms with Crippen LogP contribution in [-0.2, 0) is 0 Å². The normalized spacial score (nSPS) is 9.89. The molecule has 0 saturated carbocycles. The van der Waals surface area contributed by atoms with Crippen LogP contribution in [0.5, 0.6) is 0 Å². The number of aromatic nitrogens is 1. The summed E-state index contributed by atoms with van der Waals surface area (Å²) in [6.07, 6.45) is 1.25. The van der Waals surface area contributed by atoms with Crippen molar-refractivity contribution in [2.24, 2.45) is 0 Å². The number of hydrogen-bond acceptors (Lipinski definition) is 0. The second-order valence-corrected chi connectivity index (χ2v) is 5.03. The highest BCUT2D eigenvalue weighted by Crippen LogP contribution is 2.23. The fraction of sp³-hybridized carbons (Fsp3) is 0.375. The molecule has 0 spiro atoms. The van der Waals surface area contributed by atoms with E-state index in [9.17, 15) is 0 Å². The standard InChI is InChI=1S/C13H14ClN.C3H8/c1-9-4-7-12(14)8-13(9)15-10(2)5-6-11(15)3;1-3-2/h4-8H,1-3H3;3H2,1-2H3. The van der Waals surface area contributed by atoms with Gasteiger partial charge in [0.2, 0.25) is 0 Å². The van der Waals surface area contributed by atoms with E-state index in [2.05, 4.69) is 57.4 Å². The first-order valence-corrected chi connectivity index (χ1v) is 6.80.